The van der Waals surface area contributed by atoms with Gasteiger partial charge in [0, 0.05) is 11.9 Å². The molecule has 1 unspecified atom stereocenters. The summed E-state index contributed by atoms with van der Waals surface area (Å²) in [7, 11) is -4.01. The van der Waals surface area contributed by atoms with Gasteiger partial charge in [-0.15, -0.1) is 0 Å². The molecule has 104 valence electrons. The van der Waals surface area contributed by atoms with Crippen LogP contribution >= 0.6 is 11.6 Å². The van der Waals surface area contributed by atoms with E-state index in [1.807, 2.05) is 4.72 Å². The van der Waals surface area contributed by atoms with Gasteiger partial charge < -0.3 is 4.74 Å². The summed E-state index contributed by atoms with van der Waals surface area (Å²) >= 11 is 5.64. The summed E-state index contributed by atoms with van der Waals surface area (Å²) in [6.07, 6.45) is -1.19. The zero-order valence-electron chi connectivity index (χ0n) is 10.2. The fourth-order valence-corrected chi connectivity index (χ4v) is 2.36. The predicted molar refractivity (Wildman–Crippen MR) is 68.0 cm³/mol. The number of benzene rings is 1. The number of esters is 1. The number of hydrogen-bond donors (Lipinski definition) is 1. The smallest absolute Gasteiger partial charge is 0.303 e. The maximum absolute atomic E-state index is 11.8. The first-order valence-electron chi connectivity index (χ1n) is 5.22. The molecule has 1 amide bonds. The Hall–Kier alpha value is -1.60. The van der Waals surface area contributed by atoms with Gasteiger partial charge in [0.1, 0.15) is 0 Å². The van der Waals surface area contributed by atoms with Crippen molar-refractivity contribution in [3.8, 4) is 0 Å². The number of carbonyl (C=O) groups excluding carboxylic acids is 2. The van der Waals surface area contributed by atoms with Crippen LogP contribution in [0.3, 0.4) is 0 Å². The van der Waals surface area contributed by atoms with Gasteiger partial charge in [-0.25, -0.2) is 13.1 Å². The van der Waals surface area contributed by atoms with Crippen LogP contribution in [0.2, 0.25) is 5.02 Å². The van der Waals surface area contributed by atoms with Crippen molar-refractivity contribution in [1.29, 1.82) is 0 Å². The van der Waals surface area contributed by atoms with Crippen molar-refractivity contribution in [2.45, 2.75) is 24.8 Å². The van der Waals surface area contributed by atoms with Crippen LogP contribution in [0.1, 0.15) is 13.8 Å². The van der Waals surface area contributed by atoms with Crippen molar-refractivity contribution in [1.82, 2.24) is 4.72 Å². The summed E-state index contributed by atoms with van der Waals surface area (Å²) in [5.41, 5.74) is 0. The lowest BCUT2D eigenvalue weighted by Gasteiger charge is -2.12. The molecule has 0 bridgehead atoms. The predicted octanol–water partition coefficient (Wildman–Crippen LogP) is 1.10. The average Bonchev–Trinajstić information content (AvgIpc) is 2.27. The second kappa shape index (κ2) is 6.03. The second-order valence-corrected chi connectivity index (χ2v) is 5.79. The minimum Gasteiger partial charge on any atom is -0.453 e. The molecule has 6 nitrogen and oxygen atoms in total. The number of hydrogen-bond acceptors (Lipinski definition) is 5. The average molecular weight is 306 g/mol. The Balaban J connectivity index is 2.83. The Bertz CT molecular complexity index is 582. The van der Waals surface area contributed by atoms with E-state index in [2.05, 4.69) is 4.74 Å². The molecule has 1 aromatic carbocycles. The topological polar surface area (TPSA) is 89.5 Å². The Morgan fingerprint density at radius 1 is 1.26 bits per heavy atom. The molecule has 0 spiro atoms. The molecule has 8 heteroatoms. The van der Waals surface area contributed by atoms with E-state index in [1.165, 1.54) is 31.2 Å². The Morgan fingerprint density at radius 3 is 2.26 bits per heavy atom. The third-order valence-electron chi connectivity index (χ3n) is 2.07. The van der Waals surface area contributed by atoms with E-state index in [0.29, 0.717) is 5.02 Å². The Labute approximate surface area is 115 Å². The van der Waals surface area contributed by atoms with E-state index in [4.69, 9.17) is 11.6 Å². The summed E-state index contributed by atoms with van der Waals surface area (Å²) in [4.78, 5) is 22.1. The van der Waals surface area contributed by atoms with Crippen LogP contribution < -0.4 is 4.72 Å². The number of sulfonamides is 1. The third-order valence-corrected chi connectivity index (χ3v) is 3.69. The standard InChI is InChI=1S/C11H12ClNO5S/c1-7(18-8(2)14)11(15)13-19(16,17)10-5-3-9(12)4-6-10/h3-7H,1-2H3,(H,13,15). The number of carbonyl (C=O) groups is 2. The molecule has 0 aromatic heterocycles. The Morgan fingerprint density at radius 2 is 1.79 bits per heavy atom. The number of halogens is 1. The normalized spacial score (nSPS) is 12.6. The van der Waals surface area contributed by atoms with Crippen LogP contribution in [0.15, 0.2) is 29.2 Å². The van der Waals surface area contributed by atoms with Crippen LogP contribution in [-0.4, -0.2) is 26.4 Å². The van der Waals surface area contributed by atoms with Crippen molar-refractivity contribution in [2.75, 3.05) is 0 Å². The summed E-state index contributed by atoms with van der Waals surface area (Å²) in [6, 6.07) is 5.29. The van der Waals surface area contributed by atoms with Crippen molar-refractivity contribution < 1.29 is 22.7 Å². The molecular formula is C11H12ClNO5S. The number of amides is 1. The van der Waals surface area contributed by atoms with Crippen LogP contribution in [-0.2, 0) is 24.3 Å². The van der Waals surface area contributed by atoms with Gasteiger partial charge in [0.25, 0.3) is 15.9 Å². The minimum atomic E-state index is -4.01. The van der Waals surface area contributed by atoms with Crippen LogP contribution in [0.25, 0.3) is 0 Å². The van der Waals surface area contributed by atoms with Crippen molar-refractivity contribution in [3.05, 3.63) is 29.3 Å². The highest BCUT2D eigenvalue weighted by molar-refractivity contribution is 7.90. The van der Waals surface area contributed by atoms with Gasteiger partial charge >= 0.3 is 5.97 Å². The molecule has 0 heterocycles. The zero-order chi connectivity index (χ0) is 14.6. The molecule has 0 saturated carbocycles. The highest BCUT2D eigenvalue weighted by atomic mass is 35.5. The highest BCUT2D eigenvalue weighted by Gasteiger charge is 2.23. The monoisotopic (exact) mass is 305 g/mol. The SMILES string of the molecule is CC(=O)OC(C)C(=O)NS(=O)(=O)c1ccc(Cl)cc1. The largest absolute Gasteiger partial charge is 0.453 e. The molecule has 0 aliphatic carbocycles. The third kappa shape index (κ3) is 4.53. The van der Waals surface area contributed by atoms with Gasteiger partial charge in [-0.2, -0.15) is 0 Å². The molecule has 1 N–H and O–H groups in total. The summed E-state index contributed by atoms with van der Waals surface area (Å²) in [6.45, 7) is 2.39. The van der Waals surface area contributed by atoms with E-state index in [0.717, 1.165) is 6.92 Å². The van der Waals surface area contributed by atoms with Gasteiger partial charge in [-0.1, -0.05) is 11.6 Å². The molecule has 19 heavy (non-hydrogen) atoms. The van der Waals surface area contributed by atoms with Crippen LogP contribution in [0.5, 0.6) is 0 Å². The zero-order valence-corrected chi connectivity index (χ0v) is 11.8. The van der Waals surface area contributed by atoms with E-state index < -0.39 is 28.0 Å². The number of rotatable bonds is 4. The molecular weight excluding hydrogens is 294 g/mol. The van der Waals surface area contributed by atoms with Gasteiger partial charge in [-0.3, -0.25) is 9.59 Å². The first kappa shape index (κ1) is 15.5. The molecule has 0 aliphatic heterocycles. The van der Waals surface area contributed by atoms with Gasteiger partial charge in [0.05, 0.1) is 4.90 Å². The molecule has 0 saturated heterocycles. The number of ether oxygens (including phenoxy) is 1. The number of nitrogens with one attached hydrogen (secondary N) is 1. The lowest BCUT2D eigenvalue weighted by molar-refractivity contribution is -0.152. The molecule has 1 aromatic rings. The first-order chi connectivity index (χ1) is 8.72. The maximum Gasteiger partial charge on any atom is 0.303 e. The van der Waals surface area contributed by atoms with Crippen LogP contribution in [0.4, 0.5) is 0 Å². The molecule has 0 fully saturated rings. The van der Waals surface area contributed by atoms with Crippen LogP contribution in [0, 0.1) is 0 Å². The van der Waals surface area contributed by atoms with Gasteiger partial charge in [-0.05, 0) is 31.2 Å². The summed E-state index contributed by atoms with van der Waals surface area (Å²) in [5.74, 6) is -1.60. The lowest BCUT2D eigenvalue weighted by Crippen LogP contribution is -2.39. The van der Waals surface area contributed by atoms with E-state index in [1.54, 1.807) is 0 Å². The highest BCUT2D eigenvalue weighted by Crippen LogP contribution is 2.14. The van der Waals surface area contributed by atoms with E-state index in [-0.39, 0.29) is 4.90 Å². The fraction of sp³-hybridized carbons (Fsp3) is 0.273. The second-order valence-electron chi connectivity index (χ2n) is 3.68. The first-order valence-corrected chi connectivity index (χ1v) is 7.08. The van der Waals surface area contributed by atoms with Crippen molar-refractivity contribution in [3.63, 3.8) is 0 Å². The van der Waals surface area contributed by atoms with E-state index >= 15 is 0 Å². The van der Waals surface area contributed by atoms with Gasteiger partial charge in [0.15, 0.2) is 6.10 Å². The quantitative estimate of drug-likeness (QED) is 0.841. The molecule has 0 aliphatic rings. The van der Waals surface area contributed by atoms with Gasteiger partial charge in [0.2, 0.25) is 0 Å². The molecule has 0 radical (unpaired) electrons. The Kier molecular flexibility index (Phi) is 4.90. The fourth-order valence-electron chi connectivity index (χ4n) is 1.19. The summed E-state index contributed by atoms with van der Waals surface area (Å²) < 4.78 is 30.0. The minimum absolute atomic E-state index is 0.111. The van der Waals surface area contributed by atoms with Crippen molar-refractivity contribution in [2.24, 2.45) is 0 Å². The summed E-state index contributed by atoms with van der Waals surface area (Å²) in [5, 5.41) is 0.374. The maximum atomic E-state index is 11.8. The molecule has 1 rings (SSSR count). The van der Waals surface area contributed by atoms with E-state index in [9.17, 15) is 18.0 Å². The lowest BCUT2D eigenvalue weighted by atomic mass is 10.4. The van der Waals surface area contributed by atoms with Crippen molar-refractivity contribution >= 4 is 33.5 Å². The molecule has 1 atom stereocenters.